The highest BCUT2D eigenvalue weighted by atomic mass is 19.4. The monoisotopic (exact) mass is 487 g/mol. The van der Waals surface area contributed by atoms with E-state index in [0.717, 1.165) is 38.4 Å². The lowest BCUT2D eigenvalue weighted by atomic mass is 10.1. The number of halogens is 4. The first-order valence-corrected chi connectivity index (χ1v) is 11.7. The fourth-order valence-electron chi connectivity index (χ4n) is 4.45. The summed E-state index contributed by atoms with van der Waals surface area (Å²) in [7, 11) is 0. The number of alkyl halides is 3. The van der Waals surface area contributed by atoms with Gasteiger partial charge < -0.3 is 14.7 Å². The number of piperazine rings is 1. The highest BCUT2D eigenvalue weighted by Gasteiger charge is 2.36. The van der Waals surface area contributed by atoms with Crippen molar-refractivity contribution < 1.29 is 17.6 Å². The van der Waals surface area contributed by atoms with Crippen molar-refractivity contribution in [3.63, 3.8) is 0 Å². The van der Waals surface area contributed by atoms with Crippen LogP contribution in [0.15, 0.2) is 42.6 Å². The molecular weight excluding hydrogens is 462 g/mol. The molecule has 7 nitrogen and oxygen atoms in total. The average molecular weight is 488 g/mol. The third-order valence-corrected chi connectivity index (χ3v) is 6.31. The van der Waals surface area contributed by atoms with Crippen molar-refractivity contribution in [3.05, 3.63) is 54.0 Å². The number of benzene rings is 1. The third-order valence-electron chi connectivity index (χ3n) is 6.31. The van der Waals surface area contributed by atoms with Crippen molar-refractivity contribution in [3.8, 4) is 11.4 Å². The largest absolute Gasteiger partial charge is 0.419 e. The van der Waals surface area contributed by atoms with Gasteiger partial charge in [-0.2, -0.15) is 28.1 Å². The van der Waals surface area contributed by atoms with E-state index in [1.54, 1.807) is 17.0 Å². The molecule has 0 atom stereocenters. The van der Waals surface area contributed by atoms with Gasteiger partial charge in [-0.05, 0) is 55.7 Å². The zero-order chi connectivity index (χ0) is 24.4. The van der Waals surface area contributed by atoms with Gasteiger partial charge >= 0.3 is 6.18 Å². The summed E-state index contributed by atoms with van der Waals surface area (Å²) in [6.07, 6.45) is 0.175. The zero-order valence-electron chi connectivity index (χ0n) is 19.0. The summed E-state index contributed by atoms with van der Waals surface area (Å²) < 4.78 is 53.9. The van der Waals surface area contributed by atoms with Crippen LogP contribution in [-0.2, 0) is 6.18 Å². The summed E-state index contributed by atoms with van der Waals surface area (Å²) in [5.41, 5.74) is -0.0603. The molecule has 1 aromatic carbocycles. The van der Waals surface area contributed by atoms with Gasteiger partial charge in [-0.3, -0.25) is 0 Å². The fraction of sp³-hybridized carbons (Fsp3) is 0.417. The Kier molecular flexibility index (Phi) is 6.40. The van der Waals surface area contributed by atoms with Crippen LogP contribution in [-0.4, -0.2) is 59.2 Å². The summed E-state index contributed by atoms with van der Waals surface area (Å²) in [6.45, 7) is 3.24. The highest BCUT2D eigenvalue weighted by Crippen LogP contribution is 2.35. The molecule has 2 saturated heterocycles. The Labute approximate surface area is 200 Å². The van der Waals surface area contributed by atoms with Crippen molar-refractivity contribution >= 4 is 17.7 Å². The maximum absolute atomic E-state index is 13.5. The van der Waals surface area contributed by atoms with Crippen LogP contribution in [0, 0.1) is 5.82 Å². The average Bonchev–Trinajstić information content (AvgIpc) is 2.89. The summed E-state index contributed by atoms with van der Waals surface area (Å²) in [5, 5.41) is 0. The molecule has 0 saturated carbocycles. The maximum atomic E-state index is 13.5. The lowest BCUT2D eigenvalue weighted by Gasteiger charge is -2.36. The van der Waals surface area contributed by atoms with E-state index in [0.29, 0.717) is 49.5 Å². The Morgan fingerprint density at radius 2 is 1.29 bits per heavy atom. The van der Waals surface area contributed by atoms with Gasteiger partial charge in [-0.1, -0.05) is 0 Å². The van der Waals surface area contributed by atoms with E-state index >= 15 is 0 Å². The van der Waals surface area contributed by atoms with Gasteiger partial charge in [-0.15, -0.1) is 0 Å². The predicted molar refractivity (Wildman–Crippen MR) is 125 cm³/mol. The SMILES string of the molecule is Fc1ccc(-c2nc(N3CCCCC3)nc(N3CCN(c4ncccc4C(F)(F)F)CC3)n2)cc1. The Hall–Kier alpha value is -3.50. The molecule has 0 spiro atoms. The minimum atomic E-state index is -4.47. The normalized spacial score (nSPS) is 17.1. The summed E-state index contributed by atoms with van der Waals surface area (Å²) in [6, 6.07) is 8.34. The Balaban J connectivity index is 1.41. The van der Waals surface area contributed by atoms with Crippen molar-refractivity contribution in [2.24, 2.45) is 0 Å². The van der Waals surface area contributed by atoms with Gasteiger partial charge in [0.1, 0.15) is 11.6 Å². The van der Waals surface area contributed by atoms with E-state index in [1.165, 1.54) is 24.4 Å². The minimum absolute atomic E-state index is 0.0590. The number of hydrogen-bond donors (Lipinski definition) is 0. The van der Waals surface area contributed by atoms with Crippen molar-refractivity contribution in [2.75, 3.05) is 54.0 Å². The quantitative estimate of drug-likeness (QED) is 0.506. The van der Waals surface area contributed by atoms with Gasteiger partial charge in [0, 0.05) is 51.0 Å². The van der Waals surface area contributed by atoms with Gasteiger partial charge in [0.15, 0.2) is 5.82 Å². The van der Waals surface area contributed by atoms with Crippen LogP contribution < -0.4 is 14.7 Å². The number of nitrogens with zero attached hydrogens (tertiary/aromatic N) is 7. The highest BCUT2D eigenvalue weighted by molar-refractivity contribution is 5.59. The van der Waals surface area contributed by atoms with E-state index in [1.807, 2.05) is 4.90 Å². The molecular formula is C24H25F4N7. The van der Waals surface area contributed by atoms with Gasteiger partial charge in [0.2, 0.25) is 11.9 Å². The molecule has 184 valence electrons. The Morgan fingerprint density at radius 1 is 0.686 bits per heavy atom. The molecule has 2 aliphatic heterocycles. The second-order valence-electron chi connectivity index (χ2n) is 8.66. The van der Waals surface area contributed by atoms with E-state index in [9.17, 15) is 17.6 Å². The Morgan fingerprint density at radius 3 is 1.91 bits per heavy atom. The zero-order valence-corrected chi connectivity index (χ0v) is 19.0. The van der Waals surface area contributed by atoms with Crippen LogP contribution in [0.25, 0.3) is 11.4 Å². The van der Waals surface area contributed by atoms with E-state index < -0.39 is 11.7 Å². The Bertz CT molecular complexity index is 1160. The third kappa shape index (κ3) is 5.13. The van der Waals surface area contributed by atoms with E-state index in [-0.39, 0.29) is 11.6 Å². The van der Waals surface area contributed by atoms with Gasteiger partial charge in [0.25, 0.3) is 0 Å². The van der Waals surface area contributed by atoms with Gasteiger partial charge in [0.05, 0.1) is 5.56 Å². The lowest BCUT2D eigenvalue weighted by molar-refractivity contribution is -0.137. The predicted octanol–water partition coefficient (Wildman–Crippen LogP) is 4.41. The molecule has 2 aromatic heterocycles. The summed E-state index contributed by atoms with van der Waals surface area (Å²) >= 11 is 0. The van der Waals surface area contributed by atoms with Crippen LogP contribution >= 0.6 is 0 Å². The molecule has 0 aliphatic carbocycles. The molecule has 11 heteroatoms. The number of piperidine rings is 1. The molecule has 4 heterocycles. The van der Waals surface area contributed by atoms with Crippen LogP contribution in [0.2, 0.25) is 0 Å². The first-order valence-electron chi connectivity index (χ1n) is 11.7. The maximum Gasteiger partial charge on any atom is 0.419 e. The second kappa shape index (κ2) is 9.63. The molecule has 0 unspecified atom stereocenters. The number of anilines is 3. The molecule has 2 fully saturated rings. The van der Waals surface area contributed by atoms with Crippen LogP contribution in [0.1, 0.15) is 24.8 Å². The molecule has 0 amide bonds. The topological polar surface area (TPSA) is 61.3 Å². The minimum Gasteiger partial charge on any atom is -0.353 e. The number of hydrogen-bond acceptors (Lipinski definition) is 7. The lowest BCUT2D eigenvalue weighted by Crippen LogP contribution is -2.48. The first kappa shape index (κ1) is 23.3. The van der Waals surface area contributed by atoms with Crippen molar-refractivity contribution in [1.29, 1.82) is 0 Å². The number of rotatable bonds is 4. The molecule has 0 bridgehead atoms. The molecule has 0 radical (unpaired) electrons. The molecule has 0 N–H and O–H groups in total. The van der Waals surface area contributed by atoms with Crippen LogP contribution in [0.4, 0.5) is 35.3 Å². The summed E-state index contributed by atoms with van der Waals surface area (Å²) in [5.74, 6) is 1.08. The van der Waals surface area contributed by atoms with Crippen LogP contribution in [0.3, 0.4) is 0 Å². The molecule has 3 aromatic rings. The smallest absolute Gasteiger partial charge is 0.353 e. The fourth-order valence-corrected chi connectivity index (χ4v) is 4.45. The van der Waals surface area contributed by atoms with E-state index in [2.05, 4.69) is 19.9 Å². The van der Waals surface area contributed by atoms with E-state index in [4.69, 9.17) is 4.98 Å². The second-order valence-corrected chi connectivity index (χ2v) is 8.66. The van der Waals surface area contributed by atoms with Crippen molar-refractivity contribution in [2.45, 2.75) is 25.4 Å². The number of pyridine rings is 1. The molecule has 5 rings (SSSR count). The van der Waals surface area contributed by atoms with Crippen molar-refractivity contribution in [1.82, 2.24) is 19.9 Å². The van der Waals surface area contributed by atoms with Crippen LogP contribution in [0.5, 0.6) is 0 Å². The van der Waals surface area contributed by atoms with Gasteiger partial charge in [-0.25, -0.2) is 9.37 Å². The number of aromatic nitrogens is 4. The molecule has 2 aliphatic rings. The molecule has 35 heavy (non-hydrogen) atoms. The standard InChI is InChI=1S/C24H25F4N7/c25-18-8-6-17(7-9-18)20-30-22(34-11-2-1-3-12-34)32-23(31-20)35-15-13-33(14-16-35)21-19(24(26,27)28)5-4-10-29-21/h4-10H,1-3,11-16H2. The summed E-state index contributed by atoms with van der Waals surface area (Å²) in [4.78, 5) is 23.8. The first-order chi connectivity index (χ1) is 16.9.